The van der Waals surface area contributed by atoms with Gasteiger partial charge >= 0.3 is 0 Å². The third kappa shape index (κ3) is 2.19. The van der Waals surface area contributed by atoms with E-state index in [2.05, 4.69) is 9.97 Å². The number of anilines is 1. The second-order valence-corrected chi connectivity index (χ2v) is 4.02. The van der Waals surface area contributed by atoms with Crippen LogP contribution in [0.2, 0.25) is 0 Å². The predicted molar refractivity (Wildman–Crippen MR) is 58.8 cm³/mol. The highest BCUT2D eigenvalue weighted by molar-refractivity contribution is 5.43. The van der Waals surface area contributed by atoms with Crippen LogP contribution in [0.4, 0.5) is 5.82 Å². The van der Waals surface area contributed by atoms with Crippen LogP contribution in [0.1, 0.15) is 43.8 Å². The van der Waals surface area contributed by atoms with Gasteiger partial charge in [-0.15, -0.1) is 0 Å². The minimum absolute atomic E-state index is 0.452. The lowest BCUT2D eigenvalue weighted by Crippen LogP contribution is -2.10. The first kappa shape index (κ1) is 10.2. The maximum absolute atomic E-state index is 5.76. The molecule has 4 heteroatoms. The minimum Gasteiger partial charge on any atom is -0.491 e. The molecule has 2 rings (SSSR count). The van der Waals surface area contributed by atoms with Gasteiger partial charge in [-0.3, -0.25) is 0 Å². The highest BCUT2D eigenvalue weighted by Gasteiger charge is 2.18. The van der Waals surface area contributed by atoms with Crippen LogP contribution in [0.5, 0.6) is 5.75 Å². The van der Waals surface area contributed by atoms with Crippen molar-refractivity contribution in [2.45, 2.75) is 38.0 Å². The highest BCUT2D eigenvalue weighted by Crippen LogP contribution is 2.31. The zero-order valence-electron chi connectivity index (χ0n) is 9.07. The van der Waals surface area contributed by atoms with E-state index in [0.717, 1.165) is 5.82 Å². The molecular weight excluding hydrogens is 190 g/mol. The Labute approximate surface area is 89.9 Å². The molecule has 1 aliphatic carbocycles. The molecule has 1 aromatic heterocycles. The summed E-state index contributed by atoms with van der Waals surface area (Å²) in [5.41, 5.74) is 5.76. The van der Waals surface area contributed by atoms with Gasteiger partial charge in [-0.25, -0.2) is 9.97 Å². The zero-order chi connectivity index (χ0) is 10.7. The monoisotopic (exact) mass is 207 g/mol. The quantitative estimate of drug-likeness (QED) is 0.806. The summed E-state index contributed by atoms with van der Waals surface area (Å²) < 4.78 is 5.04. The van der Waals surface area contributed by atoms with Crippen LogP contribution in [0, 0.1) is 0 Å². The minimum atomic E-state index is 0.452. The van der Waals surface area contributed by atoms with Gasteiger partial charge in [0.25, 0.3) is 0 Å². The molecule has 1 aromatic rings. The molecule has 0 spiro atoms. The van der Waals surface area contributed by atoms with E-state index in [9.17, 15) is 0 Å². The van der Waals surface area contributed by atoms with Gasteiger partial charge in [0.1, 0.15) is 5.82 Å². The molecule has 15 heavy (non-hydrogen) atoms. The first-order valence-corrected chi connectivity index (χ1v) is 5.47. The summed E-state index contributed by atoms with van der Waals surface area (Å²) in [6, 6.07) is 0. The van der Waals surface area contributed by atoms with Crippen LogP contribution < -0.4 is 10.5 Å². The lowest BCUT2D eigenvalue weighted by atomic mass is 9.89. The first-order valence-electron chi connectivity index (χ1n) is 5.47. The van der Waals surface area contributed by atoms with Crippen LogP contribution in [0.15, 0.2) is 6.20 Å². The molecule has 0 aromatic carbocycles. The second kappa shape index (κ2) is 4.47. The molecule has 0 bridgehead atoms. The van der Waals surface area contributed by atoms with Crippen molar-refractivity contribution in [3.63, 3.8) is 0 Å². The highest BCUT2D eigenvalue weighted by atomic mass is 16.5. The average molecular weight is 207 g/mol. The molecule has 4 nitrogen and oxygen atoms in total. The van der Waals surface area contributed by atoms with Crippen molar-refractivity contribution in [3.05, 3.63) is 12.0 Å². The Kier molecular flexibility index (Phi) is 3.04. The summed E-state index contributed by atoms with van der Waals surface area (Å²) in [4.78, 5) is 8.63. The van der Waals surface area contributed by atoms with E-state index in [1.165, 1.54) is 32.1 Å². The third-order valence-corrected chi connectivity index (χ3v) is 2.99. The molecule has 1 heterocycles. The molecule has 1 fully saturated rings. The van der Waals surface area contributed by atoms with Crippen LogP contribution in [0.3, 0.4) is 0 Å². The Hall–Kier alpha value is -1.32. The Morgan fingerprint density at radius 2 is 2.07 bits per heavy atom. The molecule has 1 aliphatic rings. The van der Waals surface area contributed by atoms with Crippen LogP contribution in [-0.2, 0) is 0 Å². The fourth-order valence-corrected chi connectivity index (χ4v) is 2.11. The van der Waals surface area contributed by atoms with Gasteiger partial charge in [0.15, 0.2) is 11.6 Å². The fraction of sp³-hybridized carbons (Fsp3) is 0.636. The molecule has 82 valence electrons. The Morgan fingerprint density at radius 3 is 2.67 bits per heavy atom. The van der Waals surface area contributed by atoms with Crippen LogP contribution in [0.25, 0.3) is 0 Å². The summed E-state index contributed by atoms with van der Waals surface area (Å²) in [7, 11) is 1.58. The molecule has 0 unspecified atom stereocenters. The molecule has 0 radical (unpaired) electrons. The van der Waals surface area contributed by atoms with Crippen molar-refractivity contribution in [2.24, 2.45) is 0 Å². The smallest absolute Gasteiger partial charge is 0.179 e. The number of methoxy groups -OCH3 is 1. The predicted octanol–water partition coefficient (Wildman–Crippen LogP) is 2.12. The summed E-state index contributed by atoms with van der Waals surface area (Å²) in [5, 5.41) is 0. The number of rotatable bonds is 2. The molecule has 0 amide bonds. The Balaban J connectivity index is 2.17. The Bertz CT molecular complexity index is 335. The molecule has 0 aliphatic heterocycles. The van der Waals surface area contributed by atoms with Crippen LogP contribution in [-0.4, -0.2) is 17.1 Å². The largest absolute Gasteiger partial charge is 0.491 e. The first-order chi connectivity index (χ1) is 7.31. The lowest BCUT2D eigenvalue weighted by Gasteiger charge is -2.20. The standard InChI is InChI=1S/C11H17N3O/c1-15-9-7-13-11(14-10(9)12)8-5-3-2-4-6-8/h7-8H,2-6H2,1H3,(H2,12,13,14). The number of aromatic nitrogens is 2. The summed E-state index contributed by atoms with van der Waals surface area (Å²) >= 11 is 0. The van der Waals surface area contributed by atoms with E-state index >= 15 is 0 Å². The second-order valence-electron chi connectivity index (χ2n) is 4.02. The normalized spacial score (nSPS) is 17.7. The van der Waals surface area contributed by atoms with E-state index < -0.39 is 0 Å². The molecular formula is C11H17N3O. The van der Waals surface area contributed by atoms with Gasteiger partial charge in [0.2, 0.25) is 0 Å². The fourth-order valence-electron chi connectivity index (χ4n) is 2.11. The SMILES string of the molecule is COc1cnc(C2CCCCC2)nc1N. The van der Waals surface area contributed by atoms with Crippen molar-refractivity contribution in [1.29, 1.82) is 0 Å². The average Bonchev–Trinajstić information content (AvgIpc) is 2.30. The van der Waals surface area contributed by atoms with E-state index in [1.807, 2.05) is 0 Å². The molecule has 2 N–H and O–H groups in total. The number of nitrogens with two attached hydrogens (primary N) is 1. The van der Waals surface area contributed by atoms with Crippen LogP contribution >= 0.6 is 0 Å². The van der Waals surface area contributed by atoms with Gasteiger partial charge < -0.3 is 10.5 Å². The van der Waals surface area contributed by atoms with E-state index in [0.29, 0.717) is 17.5 Å². The molecule has 1 saturated carbocycles. The summed E-state index contributed by atoms with van der Waals surface area (Å²) in [5.74, 6) is 2.39. The number of nitrogens with zero attached hydrogens (tertiary/aromatic N) is 2. The van der Waals surface area contributed by atoms with Crippen molar-refractivity contribution in [3.8, 4) is 5.75 Å². The Morgan fingerprint density at radius 1 is 1.33 bits per heavy atom. The van der Waals surface area contributed by atoms with E-state index in [4.69, 9.17) is 10.5 Å². The van der Waals surface area contributed by atoms with Crippen molar-refractivity contribution < 1.29 is 4.74 Å². The summed E-state index contributed by atoms with van der Waals surface area (Å²) in [6.07, 6.45) is 7.94. The van der Waals surface area contributed by atoms with E-state index in [1.54, 1.807) is 13.3 Å². The topological polar surface area (TPSA) is 61.0 Å². The van der Waals surface area contributed by atoms with Crippen molar-refractivity contribution >= 4 is 5.82 Å². The van der Waals surface area contributed by atoms with Gasteiger partial charge in [-0.2, -0.15) is 0 Å². The lowest BCUT2D eigenvalue weighted by molar-refractivity contribution is 0.405. The zero-order valence-corrected chi connectivity index (χ0v) is 9.07. The third-order valence-electron chi connectivity index (χ3n) is 2.99. The number of hydrogen-bond donors (Lipinski definition) is 1. The summed E-state index contributed by atoms with van der Waals surface area (Å²) in [6.45, 7) is 0. The number of ether oxygens (including phenoxy) is 1. The van der Waals surface area contributed by atoms with Crippen molar-refractivity contribution in [2.75, 3.05) is 12.8 Å². The van der Waals surface area contributed by atoms with Gasteiger partial charge in [-0.05, 0) is 12.8 Å². The van der Waals surface area contributed by atoms with Gasteiger partial charge in [0.05, 0.1) is 13.3 Å². The van der Waals surface area contributed by atoms with Gasteiger partial charge in [-0.1, -0.05) is 19.3 Å². The van der Waals surface area contributed by atoms with Gasteiger partial charge in [0, 0.05) is 5.92 Å². The maximum Gasteiger partial charge on any atom is 0.179 e. The van der Waals surface area contributed by atoms with E-state index in [-0.39, 0.29) is 0 Å². The molecule has 0 atom stereocenters. The van der Waals surface area contributed by atoms with Crippen molar-refractivity contribution in [1.82, 2.24) is 9.97 Å². The number of hydrogen-bond acceptors (Lipinski definition) is 4. The maximum atomic E-state index is 5.76. The molecule has 0 saturated heterocycles. The number of nitrogen functional groups attached to an aromatic ring is 1.